The zero-order valence-corrected chi connectivity index (χ0v) is 24.9. The van der Waals surface area contributed by atoms with Crippen LogP contribution in [0.5, 0.6) is 5.75 Å². The van der Waals surface area contributed by atoms with Crippen molar-refractivity contribution >= 4 is 17.8 Å². The first-order valence-electron chi connectivity index (χ1n) is 15.2. The van der Waals surface area contributed by atoms with Gasteiger partial charge in [-0.1, -0.05) is 24.3 Å². The minimum absolute atomic E-state index is 0.0878. The number of carbonyl (C=O) groups excluding carboxylic acids is 2. The van der Waals surface area contributed by atoms with Crippen molar-refractivity contribution in [3.8, 4) is 17.0 Å². The Labute approximate surface area is 256 Å². The molecule has 2 aromatic rings. The van der Waals surface area contributed by atoms with E-state index in [-0.39, 0.29) is 49.3 Å². The van der Waals surface area contributed by atoms with Crippen LogP contribution in [0.1, 0.15) is 28.8 Å². The molecule has 0 saturated carbocycles. The largest absolute Gasteiger partial charge is 0.504 e. The lowest BCUT2D eigenvalue weighted by Gasteiger charge is -2.39. The third-order valence-electron chi connectivity index (χ3n) is 8.63. The number of likely N-dealkylation sites (N-methyl/N-ethyl adjacent to an activating group) is 1. The summed E-state index contributed by atoms with van der Waals surface area (Å²) >= 11 is 0. The number of fused-ring (bicyclic) bond motifs is 1. The molecule has 0 spiro atoms. The summed E-state index contributed by atoms with van der Waals surface area (Å²) < 4.78 is 5.41. The quantitative estimate of drug-likeness (QED) is 0.272. The van der Waals surface area contributed by atoms with Crippen molar-refractivity contribution in [3.63, 3.8) is 0 Å². The fourth-order valence-electron chi connectivity index (χ4n) is 6.01. The molecule has 5 N–H and O–H groups in total. The summed E-state index contributed by atoms with van der Waals surface area (Å²) in [5.41, 5.74) is 2.16. The number of anilines is 1. The number of dihydropyridines is 1. The number of ether oxygens (including phenoxy) is 1. The molecule has 1 aromatic heterocycles. The molecule has 13 nitrogen and oxygen atoms in total. The van der Waals surface area contributed by atoms with Gasteiger partial charge in [-0.2, -0.15) is 0 Å². The van der Waals surface area contributed by atoms with Gasteiger partial charge >= 0.3 is 0 Å². The number of rotatable bonds is 9. The number of allylic oxidation sites excluding steroid dienone is 2. The van der Waals surface area contributed by atoms with Gasteiger partial charge in [0.2, 0.25) is 11.9 Å². The Hall–Kier alpha value is -4.20. The minimum Gasteiger partial charge on any atom is -0.504 e. The summed E-state index contributed by atoms with van der Waals surface area (Å²) in [6.07, 6.45) is 8.92. The highest BCUT2D eigenvalue weighted by Crippen LogP contribution is 2.32. The summed E-state index contributed by atoms with van der Waals surface area (Å²) in [5, 5.41) is 30.3. The van der Waals surface area contributed by atoms with E-state index < -0.39 is 6.04 Å². The van der Waals surface area contributed by atoms with Gasteiger partial charge in [-0.05, 0) is 37.6 Å². The molecule has 4 aliphatic heterocycles. The van der Waals surface area contributed by atoms with Crippen molar-refractivity contribution in [2.45, 2.75) is 37.5 Å². The van der Waals surface area contributed by atoms with Gasteiger partial charge < -0.3 is 45.6 Å². The molecular formula is C31H40N8O5. The van der Waals surface area contributed by atoms with Gasteiger partial charge in [-0.3, -0.25) is 9.59 Å². The van der Waals surface area contributed by atoms with Gasteiger partial charge in [0, 0.05) is 63.1 Å². The van der Waals surface area contributed by atoms with Crippen molar-refractivity contribution in [2.75, 3.05) is 64.9 Å². The van der Waals surface area contributed by atoms with E-state index in [0.29, 0.717) is 36.0 Å². The average Bonchev–Trinajstić information content (AvgIpc) is 3.35. The van der Waals surface area contributed by atoms with Crippen molar-refractivity contribution in [1.82, 2.24) is 35.3 Å². The van der Waals surface area contributed by atoms with Gasteiger partial charge in [0.15, 0.2) is 5.75 Å². The SMILES string of the molecule is CN1CCN(C2=CC=CC(C(CO)NC(=O)CN3Cc4ccc(-c5nc(NC6CCOCC6)ncc5O)cc4C3=O)N2)CC1. The molecule has 234 valence electrons. The average molecular weight is 605 g/mol. The Bertz CT molecular complexity index is 1430. The number of nitrogens with one attached hydrogen (secondary N) is 3. The zero-order chi connectivity index (χ0) is 30.6. The first-order valence-corrected chi connectivity index (χ1v) is 15.2. The van der Waals surface area contributed by atoms with E-state index in [1.807, 2.05) is 30.4 Å². The fourth-order valence-corrected chi connectivity index (χ4v) is 6.01. The van der Waals surface area contributed by atoms with Crippen LogP contribution in [-0.2, 0) is 16.1 Å². The van der Waals surface area contributed by atoms with E-state index in [4.69, 9.17) is 4.74 Å². The Morgan fingerprint density at radius 1 is 1.20 bits per heavy atom. The Morgan fingerprint density at radius 2 is 2.00 bits per heavy atom. The first-order chi connectivity index (χ1) is 21.4. The van der Waals surface area contributed by atoms with E-state index in [2.05, 4.69) is 42.8 Å². The van der Waals surface area contributed by atoms with Crippen LogP contribution in [0.4, 0.5) is 5.95 Å². The molecule has 6 rings (SSSR count). The van der Waals surface area contributed by atoms with Gasteiger partial charge in [0.05, 0.1) is 24.9 Å². The maximum atomic E-state index is 13.4. The lowest BCUT2D eigenvalue weighted by molar-refractivity contribution is -0.123. The van der Waals surface area contributed by atoms with Gasteiger partial charge in [0.1, 0.15) is 18.1 Å². The van der Waals surface area contributed by atoms with Gasteiger partial charge in [0.25, 0.3) is 5.91 Å². The molecule has 5 heterocycles. The van der Waals surface area contributed by atoms with E-state index >= 15 is 0 Å². The van der Waals surface area contributed by atoms with Gasteiger partial charge in [-0.25, -0.2) is 9.97 Å². The number of hydrogen-bond donors (Lipinski definition) is 5. The smallest absolute Gasteiger partial charge is 0.254 e. The first kappa shape index (κ1) is 29.9. The second-order valence-corrected chi connectivity index (χ2v) is 11.7. The molecule has 4 aliphatic rings. The second-order valence-electron chi connectivity index (χ2n) is 11.7. The molecule has 2 fully saturated rings. The lowest BCUT2D eigenvalue weighted by Crippen LogP contribution is -2.56. The van der Waals surface area contributed by atoms with Crippen LogP contribution in [0.15, 0.2) is 48.4 Å². The topological polar surface area (TPSA) is 155 Å². The van der Waals surface area contributed by atoms with Crippen molar-refractivity contribution in [1.29, 1.82) is 0 Å². The highest BCUT2D eigenvalue weighted by Gasteiger charge is 2.31. The molecule has 1 aromatic carbocycles. The zero-order valence-electron chi connectivity index (χ0n) is 24.9. The van der Waals surface area contributed by atoms with E-state index in [1.165, 1.54) is 11.1 Å². The normalized spacial score (nSPS) is 21.5. The van der Waals surface area contributed by atoms with Gasteiger partial charge in [-0.15, -0.1) is 0 Å². The summed E-state index contributed by atoms with van der Waals surface area (Å²) in [6.45, 7) is 4.97. The standard InChI is InChI=1S/C31H40N8O5/c1-37-9-11-38(12-10-37)27-4-2-3-24(34-27)25(19-40)35-28(42)18-39-17-21-6-5-20(15-23(21)30(39)43)29-26(41)16-32-31(36-29)33-22-7-13-44-14-8-22/h2-6,15-16,22,24-25,34,40-41H,7-14,17-19H2,1H3,(H,35,42)(H,32,33,36). The number of piperazine rings is 1. The Morgan fingerprint density at radius 3 is 2.77 bits per heavy atom. The van der Waals surface area contributed by atoms with Crippen molar-refractivity contribution < 1.29 is 24.5 Å². The Kier molecular flexibility index (Phi) is 8.96. The van der Waals surface area contributed by atoms with Crippen molar-refractivity contribution in [2.24, 2.45) is 0 Å². The maximum Gasteiger partial charge on any atom is 0.254 e. The third kappa shape index (κ3) is 6.64. The number of amides is 2. The van der Waals surface area contributed by atoms with Crippen LogP contribution in [-0.4, -0.2) is 124 Å². The lowest BCUT2D eigenvalue weighted by atomic mass is 10.0. The summed E-state index contributed by atoms with van der Waals surface area (Å²) in [7, 11) is 2.11. The molecule has 2 saturated heterocycles. The van der Waals surface area contributed by atoms with Crippen molar-refractivity contribution in [3.05, 3.63) is 59.6 Å². The molecule has 0 aliphatic carbocycles. The highest BCUT2D eigenvalue weighted by molar-refractivity contribution is 6.01. The number of aromatic hydroxyl groups is 1. The molecule has 2 amide bonds. The van der Waals surface area contributed by atoms with Crippen LogP contribution < -0.4 is 16.0 Å². The predicted molar refractivity (Wildman–Crippen MR) is 164 cm³/mol. The predicted octanol–water partition coefficient (Wildman–Crippen LogP) is 0.490. The molecular weight excluding hydrogens is 564 g/mol. The summed E-state index contributed by atoms with van der Waals surface area (Å²) in [4.78, 5) is 41.3. The summed E-state index contributed by atoms with van der Waals surface area (Å²) in [6, 6.07) is 4.68. The Balaban J connectivity index is 1.07. The van der Waals surface area contributed by atoms with E-state index in [9.17, 15) is 19.8 Å². The number of nitrogens with zero attached hydrogens (tertiary/aromatic N) is 5. The molecule has 0 bridgehead atoms. The van der Waals surface area contributed by atoms with Crippen LogP contribution in [0.2, 0.25) is 0 Å². The third-order valence-corrected chi connectivity index (χ3v) is 8.63. The van der Waals surface area contributed by atoms with Crippen LogP contribution in [0.3, 0.4) is 0 Å². The number of aliphatic hydroxyl groups is 1. The molecule has 44 heavy (non-hydrogen) atoms. The number of hydrogen-bond acceptors (Lipinski definition) is 11. The number of aliphatic hydroxyl groups excluding tert-OH is 1. The molecule has 2 atom stereocenters. The molecule has 13 heteroatoms. The second kappa shape index (κ2) is 13.2. The number of carbonyl (C=O) groups is 2. The van der Waals surface area contributed by atoms with E-state index in [1.54, 1.807) is 6.07 Å². The number of aromatic nitrogens is 2. The minimum atomic E-state index is -0.564. The highest BCUT2D eigenvalue weighted by atomic mass is 16.5. The number of benzene rings is 1. The van der Waals surface area contributed by atoms with Crippen LogP contribution in [0.25, 0.3) is 11.3 Å². The van der Waals surface area contributed by atoms with E-state index in [0.717, 1.165) is 50.4 Å². The van der Waals surface area contributed by atoms with Crippen LogP contribution >= 0.6 is 0 Å². The molecule has 2 unspecified atom stereocenters. The maximum absolute atomic E-state index is 13.4. The fraction of sp³-hybridized carbons (Fsp3) is 0.484. The molecule has 0 radical (unpaired) electrons. The summed E-state index contributed by atoms with van der Waals surface area (Å²) in [5.74, 6) is 0.661. The monoisotopic (exact) mass is 604 g/mol. The van der Waals surface area contributed by atoms with Crippen LogP contribution in [0, 0.1) is 0 Å².